The number of aromatic nitrogens is 1. The van der Waals surface area contributed by atoms with Gasteiger partial charge < -0.3 is 34.9 Å². The van der Waals surface area contributed by atoms with Crippen molar-refractivity contribution in [3.05, 3.63) is 105 Å². The van der Waals surface area contributed by atoms with E-state index in [-0.39, 0.29) is 31.1 Å². The maximum Gasteiger partial charge on any atom is 0.303 e. The number of ether oxygens (including phenoxy) is 3. The molecule has 300 valence electrons. The summed E-state index contributed by atoms with van der Waals surface area (Å²) in [5.74, 6) is 1.27. The van der Waals surface area contributed by atoms with Gasteiger partial charge in [-0.25, -0.2) is 0 Å². The smallest absolute Gasteiger partial charge is 0.303 e. The van der Waals surface area contributed by atoms with Crippen LogP contribution in [0.1, 0.15) is 84.7 Å². The van der Waals surface area contributed by atoms with Crippen LogP contribution >= 0.6 is 11.6 Å². The number of halogens is 1. The van der Waals surface area contributed by atoms with Gasteiger partial charge in [0.05, 0.1) is 17.2 Å². The van der Waals surface area contributed by atoms with Crippen LogP contribution in [0.3, 0.4) is 0 Å². The highest BCUT2D eigenvalue weighted by atomic mass is 35.5. The Hall–Kier alpha value is -5.15. The highest BCUT2D eigenvalue weighted by Crippen LogP contribution is 2.37. The molecule has 0 radical (unpaired) electrons. The number of piperidine rings is 2. The molecule has 57 heavy (non-hydrogen) atoms. The first-order chi connectivity index (χ1) is 27.6. The van der Waals surface area contributed by atoms with Gasteiger partial charge in [0.2, 0.25) is 5.91 Å². The van der Waals surface area contributed by atoms with E-state index in [1.54, 1.807) is 24.4 Å². The molecule has 2 aliphatic rings. The lowest BCUT2D eigenvalue weighted by atomic mass is 9.80. The number of carbonyl (C=O) groups excluding carboxylic acids is 1. The number of nitrogens with one attached hydrogen (secondary N) is 2. The summed E-state index contributed by atoms with van der Waals surface area (Å²) in [5, 5.41) is 25.3. The second kappa shape index (κ2) is 19.8. The first-order valence-electron chi connectivity index (χ1n) is 19.8. The van der Waals surface area contributed by atoms with Crippen LogP contribution in [-0.2, 0) is 29.3 Å². The Labute approximate surface area is 340 Å². The summed E-state index contributed by atoms with van der Waals surface area (Å²) in [6, 6.07) is 19.8. The third-order valence-electron chi connectivity index (χ3n) is 11.0. The van der Waals surface area contributed by atoms with Crippen LogP contribution in [0, 0.1) is 25.2 Å². The number of nitrogens with zero attached hydrogens (tertiary/aromatic N) is 3. The van der Waals surface area contributed by atoms with Gasteiger partial charge >= 0.3 is 5.97 Å². The van der Waals surface area contributed by atoms with Crippen LogP contribution in [-0.4, -0.2) is 65.2 Å². The van der Waals surface area contributed by atoms with E-state index in [2.05, 4.69) is 58.6 Å². The standard InChI is InChI=1S/C45H52ClN5O6/c1-31-35(30-57-42-24-41(56-29-34-22-33(25-47)26-49-27-34)36(23-39(42)46)28-48-17-6-13-44(53)54)8-3-9-37(31)38-10-4-11-40(32(38)2)55-21-7-18-51-19-15-45(16-20-51)14-5-12-43(52)50-45/h3-4,8-11,22-24,26-27,48H,5-7,12-21,28-30H2,1-2H3,(H,50,52)(H,53,54). The quantitative estimate of drug-likeness (QED) is 0.0850. The Balaban J connectivity index is 1.08. The molecule has 2 fully saturated rings. The number of pyridine rings is 1. The van der Waals surface area contributed by atoms with E-state index in [4.69, 9.17) is 30.9 Å². The van der Waals surface area contributed by atoms with E-state index >= 15 is 0 Å². The van der Waals surface area contributed by atoms with E-state index in [0.717, 1.165) is 96.4 Å². The van der Waals surface area contributed by atoms with Crippen molar-refractivity contribution in [2.24, 2.45) is 0 Å². The molecule has 4 aromatic rings. The molecule has 0 aliphatic carbocycles. The number of carbonyl (C=O) groups is 2. The number of hydrogen-bond donors (Lipinski definition) is 3. The predicted octanol–water partition coefficient (Wildman–Crippen LogP) is 7.91. The van der Waals surface area contributed by atoms with Crippen molar-refractivity contribution >= 4 is 23.5 Å². The van der Waals surface area contributed by atoms with Gasteiger partial charge in [0.15, 0.2) is 0 Å². The summed E-state index contributed by atoms with van der Waals surface area (Å²) in [6.07, 6.45) is 9.46. The highest BCUT2D eigenvalue weighted by molar-refractivity contribution is 6.32. The molecule has 1 aromatic heterocycles. The van der Waals surface area contributed by atoms with Crippen LogP contribution in [0.4, 0.5) is 0 Å². The normalized spacial score (nSPS) is 15.2. The van der Waals surface area contributed by atoms with Gasteiger partial charge in [0, 0.05) is 74.1 Å². The zero-order chi connectivity index (χ0) is 40.2. The minimum absolute atomic E-state index is 0.0100. The molecular formula is C45H52ClN5O6. The van der Waals surface area contributed by atoms with Gasteiger partial charge in [-0.2, -0.15) is 5.26 Å². The third-order valence-corrected chi connectivity index (χ3v) is 11.3. The fraction of sp³-hybridized carbons (Fsp3) is 0.422. The van der Waals surface area contributed by atoms with Crippen molar-refractivity contribution in [1.29, 1.82) is 5.26 Å². The van der Waals surface area contributed by atoms with Crippen molar-refractivity contribution < 1.29 is 28.9 Å². The summed E-state index contributed by atoms with van der Waals surface area (Å²) >= 11 is 6.78. The number of rotatable bonds is 18. The Morgan fingerprint density at radius 3 is 2.49 bits per heavy atom. The summed E-state index contributed by atoms with van der Waals surface area (Å²) < 4.78 is 18.9. The Bertz CT molecular complexity index is 2080. The van der Waals surface area contributed by atoms with Crippen LogP contribution in [0.2, 0.25) is 5.02 Å². The molecular weight excluding hydrogens is 742 g/mol. The summed E-state index contributed by atoms with van der Waals surface area (Å²) in [6.45, 7) is 9.21. The van der Waals surface area contributed by atoms with Gasteiger partial charge in [-0.05, 0) is 105 Å². The zero-order valence-electron chi connectivity index (χ0n) is 32.9. The molecule has 2 saturated heterocycles. The van der Waals surface area contributed by atoms with Crippen LogP contribution in [0.25, 0.3) is 11.1 Å². The largest absolute Gasteiger partial charge is 0.493 e. The first-order valence-corrected chi connectivity index (χ1v) is 20.2. The number of amides is 1. The topological polar surface area (TPSA) is 146 Å². The lowest BCUT2D eigenvalue weighted by molar-refractivity contribution is -0.137. The molecule has 12 heteroatoms. The van der Waals surface area contributed by atoms with Crippen LogP contribution < -0.4 is 24.8 Å². The first kappa shape index (κ1) is 41.5. The van der Waals surface area contributed by atoms with Crippen molar-refractivity contribution in [1.82, 2.24) is 20.5 Å². The SMILES string of the molecule is Cc1c(COc2cc(OCc3cncc(C#N)c3)c(CNCCCC(=O)O)cc2Cl)cccc1-c1cccc(OCCCN2CCC3(CCCC(=O)N3)CC2)c1C. The third kappa shape index (κ3) is 11.3. The number of nitriles is 1. The second-order valence-corrected chi connectivity index (χ2v) is 15.5. The zero-order valence-corrected chi connectivity index (χ0v) is 33.6. The Kier molecular flexibility index (Phi) is 14.4. The lowest BCUT2D eigenvalue weighted by Gasteiger charge is -2.44. The van der Waals surface area contributed by atoms with E-state index in [0.29, 0.717) is 54.6 Å². The molecule has 3 N–H and O–H groups in total. The van der Waals surface area contributed by atoms with E-state index in [1.807, 2.05) is 18.2 Å². The number of benzene rings is 3. The van der Waals surface area contributed by atoms with E-state index in [9.17, 15) is 14.9 Å². The molecule has 2 aliphatic heterocycles. The predicted molar refractivity (Wildman–Crippen MR) is 220 cm³/mol. The summed E-state index contributed by atoms with van der Waals surface area (Å²) in [7, 11) is 0. The number of carboxylic acid groups (broad SMARTS) is 1. The number of hydrogen-bond acceptors (Lipinski definition) is 9. The van der Waals surface area contributed by atoms with Crippen molar-refractivity contribution in [3.8, 4) is 34.4 Å². The van der Waals surface area contributed by atoms with Gasteiger partial charge in [0.25, 0.3) is 0 Å². The van der Waals surface area contributed by atoms with Gasteiger partial charge in [-0.3, -0.25) is 14.6 Å². The molecule has 3 aromatic carbocycles. The second-order valence-electron chi connectivity index (χ2n) is 15.1. The molecule has 0 unspecified atom stereocenters. The number of carboxylic acids is 1. The lowest BCUT2D eigenvalue weighted by Crippen LogP contribution is -2.57. The molecule has 1 amide bonds. The fourth-order valence-electron chi connectivity index (χ4n) is 7.74. The number of likely N-dealkylation sites (tertiary alicyclic amines) is 1. The minimum atomic E-state index is -0.834. The number of aliphatic carboxylic acids is 1. The molecule has 0 saturated carbocycles. The van der Waals surface area contributed by atoms with Gasteiger partial charge in [-0.15, -0.1) is 0 Å². The average Bonchev–Trinajstić information content (AvgIpc) is 3.20. The van der Waals surface area contributed by atoms with Gasteiger partial charge in [-0.1, -0.05) is 41.9 Å². The monoisotopic (exact) mass is 793 g/mol. The molecule has 0 atom stereocenters. The van der Waals surface area contributed by atoms with E-state index in [1.165, 1.54) is 6.20 Å². The van der Waals surface area contributed by atoms with Crippen LogP contribution in [0.5, 0.6) is 17.2 Å². The van der Waals surface area contributed by atoms with Gasteiger partial charge in [0.1, 0.15) is 36.5 Å². The van der Waals surface area contributed by atoms with E-state index < -0.39 is 5.97 Å². The fourth-order valence-corrected chi connectivity index (χ4v) is 7.98. The van der Waals surface area contributed by atoms with Crippen molar-refractivity contribution in [2.45, 2.75) is 90.5 Å². The minimum Gasteiger partial charge on any atom is -0.493 e. The molecule has 1 spiro atoms. The molecule has 3 heterocycles. The average molecular weight is 794 g/mol. The maximum atomic E-state index is 12.0. The Morgan fingerprint density at radius 1 is 0.947 bits per heavy atom. The van der Waals surface area contributed by atoms with Crippen molar-refractivity contribution in [3.63, 3.8) is 0 Å². The van der Waals surface area contributed by atoms with Crippen molar-refractivity contribution in [2.75, 3.05) is 32.8 Å². The molecule has 6 rings (SSSR count). The van der Waals surface area contributed by atoms with Crippen LogP contribution in [0.15, 0.2) is 67.0 Å². The Morgan fingerprint density at radius 2 is 1.72 bits per heavy atom. The maximum absolute atomic E-state index is 12.0. The highest BCUT2D eigenvalue weighted by Gasteiger charge is 2.37. The molecule has 0 bridgehead atoms. The molecule has 11 nitrogen and oxygen atoms in total. The summed E-state index contributed by atoms with van der Waals surface area (Å²) in [5.41, 5.74) is 7.38. The summed E-state index contributed by atoms with van der Waals surface area (Å²) in [4.78, 5) is 29.6.